The summed E-state index contributed by atoms with van der Waals surface area (Å²) in [5, 5.41) is 3.34. The van der Waals surface area contributed by atoms with Gasteiger partial charge in [-0.1, -0.05) is 12.1 Å². The lowest BCUT2D eigenvalue weighted by molar-refractivity contribution is -0.0498. The average Bonchev–Trinajstić information content (AvgIpc) is 3.03. The summed E-state index contributed by atoms with van der Waals surface area (Å²) in [6, 6.07) is 6.63. The quantitative estimate of drug-likeness (QED) is 0.407. The first-order chi connectivity index (χ1) is 11.1. The Morgan fingerprint density at radius 1 is 1.42 bits per heavy atom. The maximum absolute atomic E-state index is 12.1. The van der Waals surface area contributed by atoms with Gasteiger partial charge in [0.15, 0.2) is 5.96 Å². The van der Waals surface area contributed by atoms with E-state index in [0.29, 0.717) is 12.5 Å². The van der Waals surface area contributed by atoms with Crippen LogP contribution in [0.15, 0.2) is 29.3 Å². The molecule has 0 radical (unpaired) electrons. The highest BCUT2D eigenvalue weighted by Gasteiger charge is 2.16. The first-order valence-electron chi connectivity index (χ1n) is 7.61. The second-order valence-corrected chi connectivity index (χ2v) is 5.54. The van der Waals surface area contributed by atoms with Crippen LogP contribution in [0.3, 0.4) is 0 Å². The minimum absolute atomic E-state index is 0. The van der Waals surface area contributed by atoms with Crippen molar-refractivity contribution in [3.05, 3.63) is 29.8 Å². The number of ether oxygens (including phenoxy) is 2. The molecule has 0 amide bonds. The third kappa shape index (κ3) is 6.76. The van der Waals surface area contributed by atoms with Gasteiger partial charge >= 0.3 is 6.61 Å². The number of aliphatic imine (C=N–C) groups is 1. The van der Waals surface area contributed by atoms with E-state index >= 15 is 0 Å². The maximum Gasteiger partial charge on any atom is 0.387 e. The lowest BCUT2D eigenvalue weighted by atomic mass is 10.1. The van der Waals surface area contributed by atoms with E-state index in [1.807, 2.05) is 11.9 Å². The van der Waals surface area contributed by atoms with Gasteiger partial charge in [-0.15, -0.1) is 24.0 Å². The van der Waals surface area contributed by atoms with Gasteiger partial charge in [-0.25, -0.2) is 0 Å². The molecule has 24 heavy (non-hydrogen) atoms. The lowest BCUT2D eigenvalue weighted by Gasteiger charge is -2.23. The monoisotopic (exact) mass is 455 g/mol. The van der Waals surface area contributed by atoms with E-state index in [9.17, 15) is 8.78 Å². The summed E-state index contributed by atoms with van der Waals surface area (Å²) in [6.07, 6.45) is 1.07. The molecular formula is C16H24F2IN3O2. The summed E-state index contributed by atoms with van der Waals surface area (Å²) < 4.78 is 34.0. The van der Waals surface area contributed by atoms with Crippen LogP contribution in [-0.4, -0.2) is 51.3 Å². The highest BCUT2D eigenvalue weighted by Crippen LogP contribution is 2.16. The molecule has 0 saturated carbocycles. The number of rotatable bonds is 6. The van der Waals surface area contributed by atoms with Crippen LogP contribution in [0.5, 0.6) is 5.75 Å². The van der Waals surface area contributed by atoms with Crippen molar-refractivity contribution in [2.45, 2.75) is 19.6 Å². The summed E-state index contributed by atoms with van der Waals surface area (Å²) in [5.41, 5.74) is 0.987. The molecule has 136 valence electrons. The number of hydrogen-bond donors (Lipinski definition) is 1. The molecule has 5 nitrogen and oxygen atoms in total. The molecule has 1 N–H and O–H groups in total. The Labute approximate surface area is 158 Å². The van der Waals surface area contributed by atoms with Gasteiger partial charge < -0.3 is 19.7 Å². The highest BCUT2D eigenvalue weighted by molar-refractivity contribution is 14.0. The number of halogens is 3. The van der Waals surface area contributed by atoms with Crippen LogP contribution in [0.2, 0.25) is 0 Å². The Morgan fingerprint density at radius 3 is 2.67 bits per heavy atom. The normalized spacial score (nSPS) is 17.5. The SMILES string of the molecule is CN=C(NCC1CCOC1)N(C)Cc1ccc(OC(F)F)cc1.I. The van der Waals surface area contributed by atoms with E-state index in [1.54, 1.807) is 31.3 Å². The third-order valence-electron chi connectivity index (χ3n) is 3.71. The number of nitrogens with one attached hydrogen (secondary N) is 1. The molecule has 1 saturated heterocycles. The van der Waals surface area contributed by atoms with Crippen molar-refractivity contribution < 1.29 is 18.3 Å². The van der Waals surface area contributed by atoms with Gasteiger partial charge in [-0.3, -0.25) is 4.99 Å². The van der Waals surface area contributed by atoms with E-state index in [1.165, 1.54) is 0 Å². The van der Waals surface area contributed by atoms with Crippen LogP contribution in [-0.2, 0) is 11.3 Å². The molecule has 1 atom stereocenters. The van der Waals surface area contributed by atoms with Crippen molar-refractivity contribution in [1.29, 1.82) is 0 Å². The van der Waals surface area contributed by atoms with Crippen molar-refractivity contribution in [3.63, 3.8) is 0 Å². The first-order valence-corrected chi connectivity index (χ1v) is 7.61. The van der Waals surface area contributed by atoms with Gasteiger partial charge in [0.05, 0.1) is 6.61 Å². The molecule has 2 rings (SSSR count). The molecule has 0 aromatic heterocycles. The second kappa shape index (κ2) is 10.7. The van der Waals surface area contributed by atoms with E-state index < -0.39 is 6.61 Å². The van der Waals surface area contributed by atoms with Crippen molar-refractivity contribution in [2.24, 2.45) is 10.9 Å². The smallest absolute Gasteiger partial charge is 0.387 e. The number of benzene rings is 1. The van der Waals surface area contributed by atoms with E-state index in [2.05, 4.69) is 15.0 Å². The van der Waals surface area contributed by atoms with E-state index in [4.69, 9.17) is 4.74 Å². The predicted octanol–water partition coefficient (Wildman–Crippen LogP) is 2.95. The largest absolute Gasteiger partial charge is 0.435 e. The third-order valence-corrected chi connectivity index (χ3v) is 3.71. The second-order valence-electron chi connectivity index (χ2n) is 5.54. The van der Waals surface area contributed by atoms with Gasteiger partial charge in [0.2, 0.25) is 0 Å². The summed E-state index contributed by atoms with van der Waals surface area (Å²) in [4.78, 5) is 6.25. The average molecular weight is 455 g/mol. The number of alkyl halides is 2. The van der Waals surface area contributed by atoms with Gasteiger partial charge in [0.1, 0.15) is 5.75 Å². The molecule has 1 aromatic rings. The minimum Gasteiger partial charge on any atom is -0.435 e. The summed E-state index contributed by atoms with van der Waals surface area (Å²) in [6.45, 7) is 0.271. The molecule has 1 aliphatic heterocycles. The van der Waals surface area contributed by atoms with Crippen molar-refractivity contribution in [1.82, 2.24) is 10.2 Å². The van der Waals surface area contributed by atoms with Gasteiger partial charge in [0, 0.05) is 39.7 Å². The van der Waals surface area contributed by atoms with Crippen LogP contribution in [0.25, 0.3) is 0 Å². The summed E-state index contributed by atoms with van der Waals surface area (Å²) in [7, 11) is 3.67. The van der Waals surface area contributed by atoms with Crippen molar-refractivity contribution >= 4 is 29.9 Å². The maximum atomic E-state index is 12.1. The lowest BCUT2D eigenvalue weighted by Crippen LogP contribution is -2.40. The molecular weight excluding hydrogens is 431 g/mol. The molecule has 0 aliphatic carbocycles. The van der Waals surface area contributed by atoms with Crippen LogP contribution in [0.1, 0.15) is 12.0 Å². The summed E-state index contributed by atoms with van der Waals surface area (Å²) >= 11 is 0. The van der Waals surface area contributed by atoms with E-state index in [0.717, 1.165) is 37.7 Å². The highest BCUT2D eigenvalue weighted by atomic mass is 127. The van der Waals surface area contributed by atoms with Crippen molar-refractivity contribution in [3.8, 4) is 5.75 Å². The molecule has 1 heterocycles. The predicted molar refractivity (Wildman–Crippen MR) is 100 cm³/mol. The fraction of sp³-hybridized carbons (Fsp3) is 0.562. The Kier molecular flexibility index (Phi) is 9.27. The first kappa shape index (κ1) is 20.9. The fourth-order valence-electron chi connectivity index (χ4n) is 2.49. The van der Waals surface area contributed by atoms with E-state index in [-0.39, 0.29) is 29.7 Å². The van der Waals surface area contributed by atoms with Gasteiger partial charge in [-0.05, 0) is 24.1 Å². The zero-order valence-corrected chi connectivity index (χ0v) is 16.2. The zero-order valence-electron chi connectivity index (χ0n) is 13.9. The Hall–Kier alpha value is -1.16. The molecule has 0 bridgehead atoms. The number of guanidine groups is 1. The Bertz CT molecular complexity index is 509. The van der Waals surface area contributed by atoms with Gasteiger partial charge in [-0.2, -0.15) is 8.78 Å². The molecule has 1 unspecified atom stereocenters. The molecule has 1 fully saturated rings. The summed E-state index contributed by atoms with van der Waals surface area (Å²) in [5.74, 6) is 1.48. The fourth-order valence-corrected chi connectivity index (χ4v) is 2.49. The molecule has 1 aromatic carbocycles. The molecule has 0 spiro atoms. The number of hydrogen-bond acceptors (Lipinski definition) is 3. The molecule has 8 heteroatoms. The van der Waals surface area contributed by atoms with Crippen LogP contribution in [0, 0.1) is 5.92 Å². The topological polar surface area (TPSA) is 46.1 Å². The van der Waals surface area contributed by atoms with Crippen LogP contribution in [0.4, 0.5) is 8.78 Å². The number of nitrogens with zero attached hydrogens (tertiary/aromatic N) is 2. The zero-order chi connectivity index (χ0) is 16.7. The van der Waals surface area contributed by atoms with Crippen LogP contribution >= 0.6 is 24.0 Å². The standard InChI is InChI=1S/C16H23F2N3O2.HI/c1-19-16(20-9-13-7-8-22-11-13)21(2)10-12-3-5-14(6-4-12)23-15(17)18;/h3-6,13,15H,7-11H2,1-2H3,(H,19,20);1H. The minimum atomic E-state index is -2.80. The molecule has 1 aliphatic rings. The van der Waals surface area contributed by atoms with Gasteiger partial charge in [0.25, 0.3) is 0 Å². The Balaban J connectivity index is 0.00000288. The van der Waals surface area contributed by atoms with Crippen LogP contribution < -0.4 is 10.1 Å². The Morgan fingerprint density at radius 2 is 2.12 bits per heavy atom. The van der Waals surface area contributed by atoms with Crippen molar-refractivity contribution in [2.75, 3.05) is 33.9 Å².